The Morgan fingerprint density at radius 2 is 2.05 bits per heavy atom. The lowest BCUT2D eigenvalue weighted by molar-refractivity contribution is -0.120. The van der Waals surface area contributed by atoms with Gasteiger partial charge in [-0.3, -0.25) is 4.79 Å². The third-order valence-electron chi connectivity index (χ3n) is 2.79. The van der Waals surface area contributed by atoms with Gasteiger partial charge in [-0.2, -0.15) is 5.10 Å². The first-order valence-corrected chi connectivity index (χ1v) is 7.48. The van der Waals surface area contributed by atoms with E-state index in [-0.39, 0.29) is 12.3 Å². The Hall–Kier alpha value is -2.03. The van der Waals surface area contributed by atoms with Gasteiger partial charge in [0.1, 0.15) is 5.76 Å². The van der Waals surface area contributed by atoms with Crippen LogP contribution in [0.25, 0.3) is 0 Å². The summed E-state index contributed by atoms with van der Waals surface area (Å²) in [5.41, 5.74) is 3.25. The van der Waals surface area contributed by atoms with Crippen molar-refractivity contribution in [1.29, 1.82) is 0 Å². The number of methoxy groups -OCH3 is 2. The number of hydrogen-bond donors (Lipinski definition) is 1. The molecule has 0 aliphatic carbocycles. The maximum absolute atomic E-state index is 11.8. The molecule has 6 nitrogen and oxygen atoms in total. The minimum absolute atomic E-state index is 0.188. The van der Waals surface area contributed by atoms with E-state index in [2.05, 4.69) is 33.1 Å². The maximum atomic E-state index is 11.8. The van der Waals surface area contributed by atoms with Gasteiger partial charge in [-0.05, 0) is 52.4 Å². The zero-order chi connectivity index (χ0) is 15.9. The predicted octanol–water partition coefficient (Wildman–Crippen LogP) is 2.59. The number of hydrogen-bond acceptors (Lipinski definition) is 5. The van der Waals surface area contributed by atoms with Crippen molar-refractivity contribution < 1.29 is 18.7 Å². The second-order valence-corrected chi connectivity index (χ2v) is 5.36. The Balaban J connectivity index is 1.93. The molecule has 1 aromatic heterocycles. The topological polar surface area (TPSA) is 73.1 Å². The summed E-state index contributed by atoms with van der Waals surface area (Å²) in [4.78, 5) is 11.8. The molecule has 1 heterocycles. The van der Waals surface area contributed by atoms with E-state index in [1.165, 1.54) is 6.21 Å². The molecule has 1 aromatic carbocycles. The lowest BCUT2D eigenvalue weighted by Crippen LogP contribution is -2.19. The Morgan fingerprint density at radius 1 is 1.27 bits per heavy atom. The van der Waals surface area contributed by atoms with Gasteiger partial charge in [-0.1, -0.05) is 6.07 Å². The largest absolute Gasteiger partial charge is 0.493 e. The molecule has 22 heavy (non-hydrogen) atoms. The SMILES string of the molecule is COc1ccc(CC(=O)NN=Cc2ccc(I)o2)cc1OC. The molecule has 0 aliphatic heterocycles. The van der Waals surface area contributed by atoms with Crippen molar-refractivity contribution in [1.82, 2.24) is 5.43 Å². The number of halogens is 1. The average molecular weight is 414 g/mol. The fourth-order valence-corrected chi connectivity index (χ4v) is 2.22. The lowest BCUT2D eigenvalue weighted by atomic mass is 10.1. The summed E-state index contributed by atoms with van der Waals surface area (Å²) in [5.74, 6) is 1.55. The second kappa shape index (κ2) is 7.83. The average Bonchev–Trinajstić information content (AvgIpc) is 2.92. The molecule has 1 N–H and O–H groups in total. The van der Waals surface area contributed by atoms with E-state index < -0.39 is 0 Å². The first-order valence-electron chi connectivity index (χ1n) is 6.40. The van der Waals surface area contributed by atoms with Crippen LogP contribution in [-0.4, -0.2) is 26.3 Å². The standard InChI is InChI=1S/C15H15IN2O4/c1-20-12-5-3-10(7-13(12)21-2)8-15(19)18-17-9-11-4-6-14(16)22-11/h3-7,9H,8H2,1-2H3,(H,18,19). The van der Waals surface area contributed by atoms with Crippen LogP contribution in [0.2, 0.25) is 0 Å². The van der Waals surface area contributed by atoms with Gasteiger partial charge >= 0.3 is 0 Å². The molecule has 0 spiro atoms. The van der Waals surface area contributed by atoms with Crippen LogP contribution in [0.1, 0.15) is 11.3 Å². The molecule has 116 valence electrons. The molecule has 0 aliphatic rings. The van der Waals surface area contributed by atoms with Crippen molar-refractivity contribution in [3.8, 4) is 11.5 Å². The first-order chi connectivity index (χ1) is 10.6. The normalized spacial score (nSPS) is 10.7. The van der Waals surface area contributed by atoms with Gasteiger partial charge in [0.05, 0.1) is 26.9 Å². The van der Waals surface area contributed by atoms with E-state index in [1.54, 1.807) is 38.5 Å². The van der Waals surface area contributed by atoms with Crippen molar-refractivity contribution in [2.75, 3.05) is 14.2 Å². The summed E-state index contributed by atoms with van der Waals surface area (Å²) >= 11 is 2.06. The fourth-order valence-electron chi connectivity index (χ4n) is 1.78. The van der Waals surface area contributed by atoms with Gasteiger partial charge in [0.15, 0.2) is 15.3 Å². The summed E-state index contributed by atoms with van der Waals surface area (Å²) in [6, 6.07) is 8.91. The van der Waals surface area contributed by atoms with E-state index in [0.29, 0.717) is 17.3 Å². The number of benzene rings is 1. The molecular formula is C15H15IN2O4. The third-order valence-corrected chi connectivity index (χ3v) is 3.37. The van der Waals surface area contributed by atoms with Crippen molar-refractivity contribution in [3.63, 3.8) is 0 Å². The van der Waals surface area contributed by atoms with Crippen LogP contribution in [-0.2, 0) is 11.2 Å². The monoisotopic (exact) mass is 414 g/mol. The highest BCUT2D eigenvalue weighted by Gasteiger charge is 2.07. The summed E-state index contributed by atoms with van der Waals surface area (Å²) in [6.45, 7) is 0. The van der Waals surface area contributed by atoms with E-state index in [4.69, 9.17) is 13.9 Å². The summed E-state index contributed by atoms with van der Waals surface area (Å²) < 4.78 is 16.4. The Kier molecular flexibility index (Phi) is 5.82. The number of nitrogens with zero attached hydrogens (tertiary/aromatic N) is 1. The minimum Gasteiger partial charge on any atom is -0.493 e. The van der Waals surface area contributed by atoms with E-state index in [0.717, 1.165) is 9.33 Å². The molecule has 0 saturated carbocycles. The van der Waals surface area contributed by atoms with Gasteiger partial charge in [0, 0.05) is 0 Å². The zero-order valence-corrected chi connectivity index (χ0v) is 14.3. The first kappa shape index (κ1) is 16.3. The number of amides is 1. The Labute approximate surface area is 141 Å². The fraction of sp³-hybridized carbons (Fsp3) is 0.200. The van der Waals surface area contributed by atoms with Gasteiger partial charge < -0.3 is 13.9 Å². The smallest absolute Gasteiger partial charge is 0.244 e. The van der Waals surface area contributed by atoms with E-state index in [1.807, 2.05) is 6.07 Å². The number of furan rings is 1. The number of hydrazone groups is 1. The Morgan fingerprint density at radius 3 is 2.68 bits per heavy atom. The summed E-state index contributed by atoms with van der Waals surface area (Å²) in [5, 5.41) is 3.85. The molecule has 0 unspecified atom stereocenters. The van der Waals surface area contributed by atoms with Crippen LogP contribution in [0.15, 0.2) is 39.9 Å². The number of rotatable bonds is 6. The number of carbonyl (C=O) groups excluding carboxylic acids is 1. The molecule has 7 heteroatoms. The molecule has 0 atom stereocenters. The quantitative estimate of drug-likeness (QED) is 0.448. The van der Waals surface area contributed by atoms with Crippen molar-refractivity contribution in [2.45, 2.75) is 6.42 Å². The van der Waals surface area contributed by atoms with Crippen LogP contribution >= 0.6 is 22.6 Å². The zero-order valence-electron chi connectivity index (χ0n) is 12.1. The predicted molar refractivity (Wildman–Crippen MR) is 90.4 cm³/mol. The number of carbonyl (C=O) groups is 1. The highest BCUT2D eigenvalue weighted by molar-refractivity contribution is 14.1. The Bertz CT molecular complexity index is 682. The molecule has 0 fully saturated rings. The summed E-state index contributed by atoms with van der Waals surface area (Å²) in [6.07, 6.45) is 1.64. The molecule has 2 rings (SSSR count). The highest BCUT2D eigenvalue weighted by Crippen LogP contribution is 2.27. The van der Waals surface area contributed by atoms with Crippen molar-refractivity contribution in [3.05, 3.63) is 45.4 Å². The third kappa shape index (κ3) is 4.48. The van der Waals surface area contributed by atoms with Crippen molar-refractivity contribution in [2.24, 2.45) is 5.10 Å². The minimum atomic E-state index is -0.232. The molecule has 1 amide bonds. The van der Waals surface area contributed by atoms with Gasteiger partial charge in [-0.15, -0.1) is 0 Å². The van der Waals surface area contributed by atoms with Crippen molar-refractivity contribution >= 4 is 34.7 Å². The van der Waals surface area contributed by atoms with Gasteiger partial charge in [0.25, 0.3) is 0 Å². The molecule has 2 aromatic rings. The van der Waals surface area contributed by atoms with Gasteiger partial charge in [-0.25, -0.2) is 5.43 Å². The molecule has 0 bridgehead atoms. The molecule has 0 saturated heterocycles. The van der Waals surface area contributed by atoms with Crippen LogP contribution in [0.5, 0.6) is 11.5 Å². The molecule has 0 radical (unpaired) electrons. The van der Waals surface area contributed by atoms with E-state index in [9.17, 15) is 4.79 Å². The van der Waals surface area contributed by atoms with Crippen LogP contribution in [0.4, 0.5) is 0 Å². The van der Waals surface area contributed by atoms with Crippen LogP contribution in [0, 0.1) is 3.77 Å². The molecular weight excluding hydrogens is 399 g/mol. The second-order valence-electron chi connectivity index (χ2n) is 4.30. The lowest BCUT2D eigenvalue weighted by Gasteiger charge is -2.09. The van der Waals surface area contributed by atoms with Gasteiger partial charge in [0.2, 0.25) is 5.91 Å². The summed E-state index contributed by atoms with van der Waals surface area (Å²) in [7, 11) is 3.12. The number of ether oxygens (including phenoxy) is 2. The highest BCUT2D eigenvalue weighted by atomic mass is 127. The van der Waals surface area contributed by atoms with Crippen LogP contribution in [0.3, 0.4) is 0 Å². The van der Waals surface area contributed by atoms with Crippen LogP contribution < -0.4 is 14.9 Å². The van der Waals surface area contributed by atoms with E-state index >= 15 is 0 Å². The maximum Gasteiger partial charge on any atom is 0.244 e. The number of nitrogens with one attached hydrogen (secondary N) is 1.